The minimum absolute atomic E-state index is 0.195. The van der Waals surface area contributed by atoms with E-state index in [1.807, 2.05) is 0 Å². The summed E-state index contributed by atoms with van der Waals surface area (Å²) in [6.45, 7) is 0.404. The summed E-state index contributed by atoms with van der Waals surface area (Å²) >= 11 is 0. The van der Waals surface area contributed by atoms with Gasteiger partial charge < -0.3 is 15.7 Å². The Kier molecular flexibility index (Phi) is 3.82. The van der Waals surface area contributed by atoms with Crippen LogP contribution < -0.4 is 10.6 Å². The Bertz CT molecular complexity index is 438. The zero-order valence-corrected chi connectivity index (χ0v) is 9.98. The summed E-state index contributed by atoms with van der Waals surface area (Å²) in [5.41, 5.74) is 0.996. The lowest BCUT2D eigenvalue weighted by atomic mass is 10.1. The van der Waals surface area contributed by atoms with Crippen molar-refractivity contribution < 1.29 is 14.7 Å². The number of nitrogens with one attached hydrogen (secondary N) is 2. The van der Waals surface area contributed by atoms with E-state index < -0.39 is 11.8 Å². The molecular weight excluding hydrogens is 232 g/mol. The summed E-state index contributed by atoms with van der Waals surface area (Å²) in [4.78, 5) is 22.7. The van der Waals surface area contributed by atoms with Crippen molar-refractivity contribution in [1.82, 2.24) is 10.6 Å². The van der Waals surface area contributed by atoms with E-state index in [4.69, 9.17) is 5.11 Å². The van der Waals surface area contributed by atoms with Crippen LogP contribution in [0, 0.1) is 0 Å². The van der Waals surface area contributed by atoms with Gasteiger partial charge in [-0.3, -0.25) is 9.59 Å². The molecule has 1 aliphatic rings. The van der Waals surface area contributed by atoms with Gasteiger partial charge in [0.05, 0.1) is 0 Å². The molecule has 0 aromatic heterocycles. The predicted molar refractivity (Wildman–Crippen MR) is 66.0 cm³/mol. The second kappa shape index (κ2) is 5.53. The fourth-order valence-electron chi connectivity index (χ4n) is 1.54. The molecule has 0 radical (unpaired) electrons. The maximum atomic E-state index is 11.4. The third-order valence-corrected chi connectivity index (χ3v) is 2.75. The number of phenols is 1. The third-order valence-electron chi connectivity index (χ3n) is 2.75. The minimum atomic E-state index is -0.583. The second-order valence-corrected chi connectivity index (χ2v) is 4.42. The highest BCUT2D eigenvalue weighted by atomic mass is 16.3. The summed E-state index contributed by atoms with van der Waals surface area (Å²) in [7, 11) is 0. The van der Waals surface area contributed by atoms with Crippen LogP contribution in [0.1, 0.15) is 18.4 Å². The van der Waals surface area contributed by atoms with Gasteiger partial charge in [-0.25, -0.2) is 0 Å². The van der Waals surface area contributed by atoms with Gasteiger partial charge in [-0.05, 0) is 37.0 Å². The quantitative estimate of drug-likeness (QED) is 0.672. The van der Waals surface area contributed by atoms with Crippen LogP contribution >= 0.6 is 0 Å². The van der Waals surface area contributed by atoms with Gasteiger partial charge in [0.25, 0.3) is 0 Å². The van der Waals surface area contributed by atoms with Crippen LogP contribution in [0.4, 0.5) is 0 Å². The average Bonchev–Trinajstić information content (AvgIpc) is 3.15. The van der Waals surface area contributed by atoms with Crippen LogP contribution in [0.25, 0.3) is 0 Å². The first kappa shape index (κ1) is 12.4. The van der Waals surface area contributed by atoms with E-state index >= 15 is 0 Å². The largest absolute Gasteiger partial charge is 0.508 e. The molecule has 1 aliphatic carbocycles. The van der Waals surface area contributed by atoms with Gasteiger partial charge in [0, 0.05) is 12.6 Å². The van der Waals surface area contributed by atoms with Crippen LogP contribution in [-0.4, -0.2) is 29.5 Å². The molecule has 2 rings (SSSR count). The molecule has 1 saturated carbocycles. The highest BCUT2D eigenvalue weighted by Crippen LogP contribution is 2.18. The van der Waals surface area contributed by atoms with E-state index in [-0.39, 0.29) is 11.8 Å². The van der Waals surface area contributed by atoms with Gasteiger partial charge in [0.1, 0.15) is 5.75 Å². The van der Waals surface area contributed by atoms with Crippen LogP contribution in [0.3, 0.4) is 0 Å². The lowest BCUT2D eigenvalue weighted by Gasteiger charge is -2.05. The number of phenolic OH excluding ortho intramolecular Hbond substituents is 1. The average molecular weight is 248 g/mol. The van der Waals surface area contributed by atoms with Crippen molar-refractivity contribution in [3.05, 3.63) is 29.8 Å². The molecule has 0 unspecified atom stereocenters. The number of carbonyl (C=O) groups excluding carboxylic acids is 2. The molecule has 1 fully saturated rings. The molecule has 2 amide bonds. The van der Waals surface area contributed by atoms with Gasteiger partial charge in [-0.2, -0.15) is 0 Å². The molecule has 0 atom stereocenters. The molecule has 5 heteroatoms. The van der Waals surface area contributed by atoms with Crippen molar-refractivity contribution in [2.24, 2.45) is 0 Å². The molecule has 3 N–H and O–H groups in total. The van der Waals surface area contributed by atoms with Crippen LogP contribution in [0.15, 0.2) is 24.3 Å². The number of hydrogen-bond acceptors (Lipinski definition) is 3. The number of amides is 2. The third kappa shape index (κ3) is 3.76. The molecule has 0 saturated heterocycles. The van der Waals surface area contributed by atoms with E-state index in [0.717, 1.165) is 18.4 Å². The summed E-state index contributed by atoms with van der Waals surface area (Å²) in [5, 5.41) is 14.3. The van der Waals surface area contributed by atoms with Gasteiger partial charge in [0.2, 0.25) is 0 Å². The van der Waals surface area contributed by atoms with Crippen molar-refractivity contribution in [3.8, 4) is 5.75 Å². The molecule has 96 valence electrons. The lowest BCUT2D eigenvalue weighted by molar-refractivity contribution is -0.139. The molecule has 5 nitrogen and oxygen atoms in total. The van der Waals surface area contributed by atoms with Crippen molar-refractivity contribution in [2.45, 2.75) is 25.3 Å². The van der Waals surface area contributed by atoms with Gasteiger partial charge >= 0.3 is 11.8 Å². The summed E-state index contributed by atoms with van der Waals surface area (Å²) in [6, 6.07) is 6.95. The monoisotopic (exact) mass is 248 g/mol. The van der Waals surface area contributed by atoms with E-state index in [1.54, 1.807) is 24.3 Å². The molecule has 0 bridgehead atoms. The summed E-state index contributed by atoms with van der Waals surface area (Å²) < 4.78 is 0. The predicted octanol–water partition coefficient (Wildman–Crippen LogP) is 0.329. The topological polar surface area (TPSA) is 78.4 Å². The smallest absolute Gasteiger partial charge is 0.309 e. The number of carbonyl (C=O) groups is 2. The molecule has 1 aromatic rings. The first-order chi connectivity index (χ1) is 8.65. The van der Waals surface area contributed by atoms with Gasteiger partial charge in [0.15, 0.2) is 0 Å². The van der Waals surface area contributed by atoms with E-state index in [1.165, 1.54) is 0 Å². The van der Waals surface area contributed by atoms with Crippen LogP contribution in [-0.2, 0) is 16.0 Å². The number of hydrogen-bond donors (Lipinski definition) is 3. The Labute approximate surface area is 105 Å². The summed E-state index contributed by atoms with van der Waals surface area (Å²) in [5.74, 6) is -0.921. The Hall–Kier alpha value is -2.04. The molecular formula is C13H16N2O3. The Balaban J connectivity index is 1.69. The van der Waals surface area contributed by atoms with E-state index in [2.05, 4.69) is 10.6 Å². The summed E-state index contributed by atoms with van der Waals surface area (Å²) in [6.07, 6.45) is 2.56. The van der Waals surface area contributed by atoms with Crippen molar-refractivity contribution in [2.75, 3.05) is 6.54 Å². The van der Waals surface area contributed by atoms with Gasteiger partial charge in [-0.15, -0.1) is 0 Å². The lowest BCUT2D eigenvalue weighted by Crippen LogP contribution is -2.41. The first-order valence-corrected chi connectivity index (χ1v) is 6.02. The maximum Gasteiger partial charge on any atom is 0.309 e. The Morgan fingerprint density at radius 1 is 1.17 bits per heavy atom. The standard InChI is InChI=1S/C13H16N2O3/c16-11-5-1-9(2-6-11)7-8-14-12(17)13(18)15-10-3-4-10/h1-2,5-6,10,16H,3-4,7-8H2,(H,14,17)(H,15,18). The van der Waals surface area contributed by atoms with Crippen molar-refractivity contribution in [3.63, 3.8) is 0 Å². The number of aromatic hydroxyl groups is 1. The number of rotatable bonds is 4. The molecule has 0 spiro atoms. The highest BCUT2D eigenvalue weighted by Gasteiger charge is 2.25. The zero-order chi connectivity index (χ0) is 13.0. The fourth-order valence-corrected chi connectivity index (χ4v) is 1.54. The second-order valence-electron chi connectivity index (χ2n) is 4.42. The molecule has 18 heavy (non-hydrogen) atoms. The molecule has 0 heterocycles. The Morgan fingerprint density at radius 2 is 1.83 bits per heavy atom. The maximum absolute atomic E-state index is 11.4. The fraction of sp³-hybridized carbons (Fsp3) is 0.385. The Morgan fingerprint density at radius 3 is 2.44 bits per heavy atom. The van der Waals surface area contributed by atoms with Gasteiger partial charge in [-0.1, -0.05) is 12.1 Å². The normalized spacial score (nSPS) is 14.0. The first-order valence-electron chi connectivity index (χ1n) is 6.02. The zero-order valence-electron chi connectivity index (χ0n) is 9.98. The van der Waals surface area contributed by atoms with Crippen molar-refractivity contribution >= 4 is 11.8 Å². The number of benzene rings is 1. The SMILES string of the molecule is O=C(NCCc1ccc(O)cc1)C(=O)NC1CC1. The van der Waals surface area contributed by atoms with Crippen LogP contribution in [0.5, 0.6) is 5.75 Å². The van der Waals surface area contributed by atoms with E-state index in [9.17, 15) is 9.59 Å². The van der Waals surface area contributed by atoms with E-state index in [0.29, 0.717) is 13.0 Å². The molecule has 0 aliphatic heterocycles. The minimum Gasteiger partial charge on any atom is -0.508 e. The van der Waals surface area contributed by atoms with Crippen LogP contribution in [0.2, 0.25) is 0 Å². The van der Waals surface area contributed by atoms with Crippen molar-refractivity contribution in [1.29, 1.82) is 0 Å². The highest BCUT2D eigenvalue weighted by molar-refractivity contribution is 6.35. The molecule has 1 aromatic carbocycles.